The van der Waals surface area contributed by atoms with Crippen molar-refractivity contribution in [3.05, 3.63) is 53.1 Å². The van der Waals surface area contributed by atoms with Gasteiger partial charge in [-0.2, -0.15) is 0 Å². The third kappa shape index (κ3) is 5.49. The maximum absolute atomic E-state index is 12.0. The molecular formula is C18H20ClNO3. The summed E-state index contributed by atoms with van der Waals surface area (Å²) in [5.41, 5.74) is 1.63. The molecule has 0 fully saturated rings. The van der Waals surface area contributed by atoms with E-state index in [2.05, 4.69) is 12.2 Å². The Balaban J connectivity index is 1.85. The molecule has 0 spiro atoms. The van der Waals surface area contributed by atoms with E-state index in [1.165, 1.54) is 0 Å². The third-order valence-corrected chi connectivity index (χ3v) is 3.38. The van der Waals surface area contributed by atoms with Crippen molar-refractivity contribution in [2.45, 2.75) is 20.3 Å². The number of rotatable bonds is 7. The van der Waals surface area contributed by atoms with Crippen LogP contribution in [0.1, 0.15) is 18.9 Å². The molecule has 0 unspecified atom stereocenters. The van der Waals surface area contributed by atoms with Crippen molar-refractivity contribution < 1.29 is 14.3 Å². The largest absolute Gasteiger partial charge is 0.494 e. The SMILES string of the molecule is CCCOc1ccc(OCC(=O)Nc2cc(Cl)ccc2C)cc1. The van der Waals surface area contributed by atoms with Gasteiger partial charge in [0.1, 0.15) is 11.5 Å². The molecule has 0 aliphatic heterocycles. The lowest BCUT2D eigenvalue weighted by Crippen LogP contribution is -2.20. The molecule has 0 atom stereocenters. The van der Waals surface area contributed by atoms with Crippen molar-refractivity contribution in [1.82, 2.24) is 0 Å². The number of nitrogens with one attached hydrogen (secondary N) is 1. The first-order chi connectivity index (χ1) is 11.1. The second kappa shape index (κ2) is 8.44. The summed E-state index contributed by atoms with van der Waals surface area (Å²) in [5, 5.41) is 3.37. The van der Waals surface area contributed by atoms with Gasteiger partial charge < -0.3 is 14.8 Å². The maximum atomic E-state index is 12.0. The molecule has 0 aromatic heterocycles. The third-order valence-electron chi connectivity index (χ3n) is 3.14. The average molecular weight is 334 g/mol. The Morgan fingerprint density at radius 2 is 1.74 bits per heavy atom. The first kappa shape index (κ1) is 17.2. The molecule has 0 radical (unpaired) electrons. The molecular weight excluding hydrogens is 314 g/mol. The van der Waals surface area contributed by atoms with E-state index in [-0.39, 0.29) is 12.5 Å². The number of anilines is 1. The van der Waals surface area contributed by atoms with Gasteiger partial charge in [0.2, 0.25) is 0 Å². The number of carbonyl (C=O) groups excluding carboxylic acids is 1. The molecule has 1 N–H and O–H groups in total. The molecule has 2 aromatic rings. The highest BCUT2D eigenvalue weighted by Crippen LogP contribution is 2.20. The molecule has 0 saturated carbocycles. The van der Waals surface area contributed by atoms with E-state index in [1.54, 1.807) is 24.3 Å². The number of benzene rings is 2. The van der Waals surface area contributed by atoms with Gasteiger partial charge in [-0.1, -0.05) is 24.6 Å². The maximum Gasteiger partial charge on any atom is 0.262 e. The topological polar surface area (TPSA) is 47.6 Å². The first-order valence-corrected chi connectivity index (χ1v) is 7.88. The fraction of sp³-hybridized carbons (Fsp3) is 0.278. The van der Waals surface area contributed by atoms with Crippen LogP contribution in [0.4, 0.5) is 5.69 Å². The van der Waals surface area contributed by atoms with E-state index in [1.807, 2.05) is 25.1 Å². The monoisotopic (exact) mass is 333 g/mol. The van der Waals surface area contributed by atoms with Gasteiger partial charge in [0.15, 0.2) is 6.61 Å². The van der Waals surface area contributed by atoms with Crippen LogP contribution in [0.3, 0.4) is 0 Å². The number of ether oxygens (including phenoxy) is 2. The molecule has 23 heavy (non-hydrogen) atoms. The molecule has 0 saturated heterocycles. The number of amides is 1. The van der Waals surface area contributed by atoms with Crippen molar-refractivity contribution in [3.63, 3.8) is 0 Å². The van der Waals surface area contributed by atoms with E-state index < -0.39 is 0 Å². The first-order valence-electron chi connectivity index (χ1n) is 7.50. The summed E-state index contributed by atoms with van der Waals surface area (Å²) in [6.07, 6.45) is 0.960. The molecule has 1 amide bonds. The lowest BCUT2D eigenvalue weighted by molar-refractivity contribution is -0.118. The van der Waals surface area contributed by atoms with Crippen LogP contribution in [0.5, 0.6) is 11.5 Å². The molecule has 2 rings (SSSR count). The standard InChI is InChI=1S/C18H20ClNO3/c1-3-10-22-15-6-8-16(9-7-15)23-12-18(21)20-17-11-14(19)5-4-13(17)2/h4-9,11H,3,10,12H2,1-2H3,(H,20,21). The van der Waals surface area contributed by atoms with Crippen LogP contribution in [0.2, 0.25) is 5.02 Å². The van der Waals surface area contributed by atoms with Crippen LogP contribution >= 0.6 is 11.6 Å². The zero-order chi connectivity index (χ0) is 16.7. The minimum Gasteiger partial charge on any atom is -0.494 e. The van der Waals surface area contributed by atoms with Gasteiger partial charge in [-0.3, -0.25) is 4.79 Å². The zero-order valence-electron chi connectivity index (χ0n) is 13.3. The Kier molecular flexibility index (Phi) is 6.29. The highest BCUT2D eigenvalue weighted by atomic mass is 35.5. The van der Waals surface area contributed by atoms with Crippen molar-refractivity contribution in [1.29, 1.82) is 0 Å². The minimum atomic E-state index is -0.235. The van der Waals surface area contributed by atoms with Gasteiger partial charge in [0, 0.05) is 10.7 Å². The lowest BCUT2D eigenvalue weighted by atomic mass is 10.2. The van der Waals surface area contributed by atoms with Crippen molar-refractivity contribution in [3.8, 4) is 11.5 Å². The molecule has 0 bridgehead atoms. The number of carbonyl (C=O) groups is 1. The summed E-state index contributed by atoms with van der Waals surface area (Å²) in [7, 11) is 0. The number of hydrogen-bond acceptors (Lipinski definition) is 3. The Hall–Kier alpha value is -2.20. The fourth-order valence-corrected chi connectivity index (χ4v) is 2.09. The van der Waals surface area contributed by atoms with Crippen LogP contribution in [0.15, 0.2) is 42.5 Å². The van der Waals surface area contributed by atoms with Crippen molar-refractivity contribution >= 4 is 23.2 Å². The molecule has 4 nitrogen and oxygen atoms in total. The van der Waals surface area contributed by atoms with Crippen LogP contribution in [0, 0.1) is 6.92 Å². The zero-order valence-corrected chi connectivity index (χ0v) is 14.0. The smallest absolute Gasteiger partial charge is 0.262 e. The average Bonchev–Trinajstić information content (AvgIpc) is 2.55. The van der Waals surface area contributed by atoms with Crippen LogP contribution in [0.25, 0.3) is 0 Å². The number of halogens is 1. The minimum absolute atomic E-state index is 0.0683. The summed E-state index contributed by atoms with van der Waals surface area (Å²) in [5.74, 6) is 1.17. The van der Waals surface area contributed by atoms with Crippen LogP contribution in [-0.4, -0.2) is 19.1 Å². The lowest BCUT2D eigenvalue weighted by Gasteiger charge is -2.10. The summed E-state index contributed by atoms with van der Waals surface area (Å²) < 4.78 is 11.0. The summed E-state index contributed by atoms with van der Waals surface area (Å²) in [6, 6.07) is 12.6. The van der Waals surface area contributed by atoms with Crippen LogP contribution < -0.4 is 14.8 Å². The van der Waals surface area contributed by atoms with Gasteiger partial charge in [-0.05, 0) is 55.3 Å². The Bertz CT molecular complexity index is 656. The number of hydrogen-bond donors (Lipinski definition) is 1. The highest BCUT2D eigenvalue weighted by molar-refractivity contribution is 6.31. The normalized spacial score (nSPS) is 10.2. The highest BCUT2D eigenvalue weighted by Gasteiger charge is 2.06. The van der Waals surface area contributed by atoms with Gasteiger partial charge in [0.05, 0.1) is 6.61 Å². The predicted octanol–water partition coefficient (Wildman–Crippen LogP) is 4.45. The Labute approximate surface area is 141 Å². The molecule has 2 aromatic carbocycles. The summed E-state index contributed by atoms with van der Waals surface area (Å²) in [6.45, 7) is 4.57. The van der Waals surface area contributed by atoms with E-state index in [0.29, 0.717) is 23.1 Å². The van der Waals surface area contributed by atoms with E-state index >= 15 is 0 Å². The summed E-state index contributed by atoms with van der Waals surface area (Å²) >= 11 is 5.93. The molecule has 122 valence electrons. The van der Waals surface area contributed by atoms with E-state index in [9.17, 15) is 4.79 Å². The second-order valence-corrected chi connectivity index (χ2v) is 5.55. The molecule has 0 aliphatic carbocycles. The van der Waals surface area contributed by atoms with Gasteiger partial charge in [-0.15, -0.1) is 0 Å². The number of aryl methyl sites for hydroxylation is 1. The summed E-state index contributed by atoms with van der Waals surface area (Å²) in [4.78, 5) is 12.0. The molecule has 0 aliphatic rings. The Morgan fingerprint density at radius 1 is 1.09 bits per heavy atom. The molecule has 0 heterocycles. The Morgan fingerprint density at radius 3 is 2.39 bits per heavy atom. The molecule has 5 heteroatoms. The van der Waals surface area contributed by atoms with Gasteiger partial charge >= 0.3 is 0 Å². The van der Waals surface area contributed by atoms with Crippen LogP contribution in [-0.2, 0) is 4.79 Å². The van der Waals surface area contributed by atoms with Gasteiger partial charge in [0.25, 0.3) is 5.91 Å². The second-order valence-electron chi connectivity index (χ2n) is 5.12. The van der Waals surface area contributed by atoms with Gasteiger partial charge in [-0.25, -0.2) is 0 Å². The van der Waals surface area contributed by atoms with Crippen molar-refractivity contribution in [2.75, 3.05) is 18.5 Å². The van der Waals surface area contributed by atoms with E-state index in [4.69, 9.17) is 21.1 Å². The fourth-order valence-electron chi connectivity index (χ4n) is 1.92. The van der Waals surface area contributed by atoms with Crippen molar-refractivity contribution in [2.24, 2.45) is 0 Å². The van der Waals surface area contributed by atoms with E-state index in [0.717, 1.165) is 17.7 Å². The quantitative estimate of drug-likeness (QED) is 0.814. The predicted molar refractivity (Wildman–Crippen MR) is 92.5 cm³/mol.